The quantitative estimate of drug-likeness (QED) is 0.446. The van der Waals surface area contributed by atoms with Crippen LogP contribution in [0.1, 0.15) is 33.3 Å². The van der Waals surface area contributed by atoms with Crippen LogP contribution in [0.4, 0.5) is 0 Å². The number of rotatable bonds is 7. The smallest absolute Gasteiger partial charge is 0.309 e. The molecule has 0 bridgehead atoms. The third-order valence-corrected chi connectivity index (χ3v) is 2.80. The van der Waals surface area contributed by atoms with E-state index >= 15 is 0 Å². The Bertz CT molecular complexity index is 383. The van der Waals surface area contributed by atoms with Crippen molar-refractivity contribution in [1.82, 2.24) is 0 Å². The van der Waals surface area contributed by atoms with E-state index in [4.69, 9.17) is 5.11 Å². The lowest BCUT2D eigenvalue weighted by atomic mass is 10.2. The Morgan fingerprint density at radius 2 is 1.72 bits per heavy atom. The molecule has 25 heavy (non-hydrogen) atoms. The summed E-state index contributed by atoms with van der Waals surface area (Å²) in [6.07, 6.45) is 0.358. The minimum Gasteiger partial charge on any atom is -0.469 e. The van der Waals surface area contributed by atoms with E-state index in [-0.39, 0.29) is 5.97 Å². The molecule has 0 unspecified atom stereocenters. The number of thioether (sulfide) groups is 1. The van der Waals surface area contributed by atoms with E-state index in [2.05, 4.69) is 9.47 Å². The average molecular weight is 375 g/mol. The van der Waals surface area contributed by atoms with Crippen molar-refractivity contribution in [3.8, 4) is 0 Å². The predicted octanol–water partition coefficient (Wildman–Crippen LogP) is 3.62. The number of esters is 1. The second-order valence-electron chi connectivity index (χ2n) is 4.77. The van der Waals surface area contributed by atoms with Gasteiger partial charge in [0.1, 0.15) is 0 Å². The predicted molar refractivity (Wildman–Crippen MR) is 107 cm³/mol. The van der Waals surface area contributed by atoms with E-state index in [0.717, 1.165) is 16.9 Å². The molecule has 0 radical (unpaired) electrons. The van der Waals surface area contributed by atoms with Crippen LogP contribution in [0.2, 0.25) is 0 Å². The van der Waals surface area contributed by atoms with E-state index in [1.165, 1.54) is 18.9 Å². The van der Waals surface area contributed by atoms with Crippen LogP contribution in [0, 0.1) is 5.92 Å². The molecule has 0 heterocycles. The molecule has 0 saturated heterocycles. The molecular weight excluding hydrogens is 340 g/mol. The molecular formula is C19H34O5S. The van der Waals surface area contributed by atoms with E-state index in [0.29, 0.717) is 25.6 Å². The van der Waals surface area contributed by atoms with Gasteiger partial charge in [0.2, 0.25) is 0 Å². The molecule has 146 valence electrons. The standard InChI is InChI=1S/C9H10O2.C4H8O2S.C4H10O.C2H6/c1-11-9(10)7-8-5-3-2-4-6-8;1-6-2-3-7-4-5;1-4(2)3-5;1-2/h2-6H,7H2,1H3;4H,2-3H2,1H3;4-5H,3H2,1-2H3;1-2H3. The van der Waals surface area contributed by atoms with Crippen LogP contribution in [-0.2, 0) is 25.5 Å². The maximum Gasteiger partial charge on any atom is 0.309 e. The number of aliphatic hydroxyl groups is 1. The first-order valence-electron chi connectivity index (χ1n) is 8.27. The van der Waals surface area contributed by atoms with Crippen molar-refractivity contribution in [3.05, 3.63) is 35.9 Å². The lowest BCUT2D eigenvalue weighted by molar-refractivity contribution is -0.139. The topological polar surface area (TPSA) is 72.8 Å². The summed E-state index contributed by atoms with van der Waals surface area (Å²) >= 11 is 1.23. The lowest BCUT2D eigenvalue weighted by Gasteiger charge is -1.97. The van der Waals surface area contributed by atoms with Gasteiger partial charge in [0.25, 0.3) is 0 Å². The Morgan fingerprint density at radius 3 is 2.08 bits per heavy atom. The summed E-state index contributed by atoms with van der Waals surface area (Å²) in [5.74, 6) is 1.01. The largest absolute Gasteiger partial charge is 0.469 e. The second kappa shape index (κ2) is 24.9. The molecule has 0 aliphatic rings. The van der Waals surface area contributed by atoms with Gasteiger partial charge in [-0.25, -0.2) is 0 Å². The summed E-state index contributed by atoms with van der Waals surface area (Å²) in [4.78, 5) is 20.3. The molecule has 0 aliphatic heterocycles. The molecule has 1 aromatic carbocycles. The van der Waals surface area contributed by atoms with Gasteiger partial charge in [-0.15, -0.1) is 0 Å². The van der Waals surface area contributed by atoms with Gasteiger partial charge < -0.3 is 14.6 Å². The molecule has 5 nitrogen and oxygen atoms in total. The number of aliphatic hydroxyl groups excluding tert-OH is 1. The van der Waals surface area contributed by atoms with Crippen molar-refractivity contribution in [3.63, 3.8) is 0 Å². The van der Waals surface area contributed by atoms with Gasteiger partial charge >= 0.3 is 5.97 Å². The first kappa shape index (κ1) is 28.4. The molecule has 1 rings (SSSR count). The fourth-order valence-electron chi connectivity index (χ4n) is 1.01. The zero-order valence-electron chi connectivity index (χ0n) is 16.4. The number of carbonyl (C=O) groups excluding carboxylic acids is 2. The highest BCUT2D eigenvalue weighted by Gasteiger charge is 1.99. The lowest BCUT2D eigenvalue weighted by Crippen LogP contribution is -2.03. The van der Waals surface area contributed by atoms with Crippen molar-refractivity contribution in [2.45, 2.75) is 34.1 Å². The minimum absolute atomic E-state index is 0.198. The molecule has 0 aromatic heterocycles. The molecule has 0 saturated carbocycles. The summed E-state index contributed by atoms with van der Waals surface area (Å²) in [5.41, 5.74) is 1.80. The van der Waals surface area contributed by atoms with E-state index in [1.54, 1.807) is 7.11 Å². The molecule has 0 aliphatic carbocycles. The van der Waals surface area contributed by atoms with Gasteiger partial charge in [0.15, 0.2) is 5.62 Å². The molecule has 0 amide bonds. The normalized spacial score (nSPS) is 8.64. The highest BCUT2D eigenvalue weighted by atomic mass is 32.2. The highest BCUT2D eigenvalue weighted by Crippen LogP contribution is 1.99. The summed E-state index contributed by atoms with van der Waals surface area (Å²) in [6, 6.07) is 9.52. The van der Waals surface area contributed by atoms with E-state index < -0.39 is 0 Å². The summed E-state index contributed by atoms with van der Waals surface area (Å²) in [6.45, 7) is 8.91. The SMILES string of the molecule is CC.CC(C)CO.COC(=O)Cc1ccccc1.COCCSC=O. The maximum atomic E-state index is 10.8. The first-order valence-corrected chi connectivity index (χ1v) is 9.32. The summed E-state index contributed by atoms with van der Waals surface area (Å²) in [7, 11) is 3.01. The van der Waals surface area contributed by atoms with Crippen LogP contribution < -0.4 is 0 Å². The van der Waals surface area contributed by atoms with Gasteiger partial charge in [-0.3, -0.25) is 9.59 Å². The van der Waals surface area contributed by atoms with Gasteiger partial charge in [-0.2, -0.15) is 0 Å². The molecule has 0 fully saturated rings. The van der Waals surface area contributed by atoms with Crippen molar-refractivity contribution >= 4 is 23.3 Å². The fraction of sp³-hybridized carbons (Fsp3) is 0.579. The monoisotopic (exact) mass is 374 g/mol. The highest BCUT2D eigenvalue weighted by molar-refractivity contribution is 8.11. The maximum absolute atomic E-state index is 10.8. The summed E-state index contributed by atoms with van der Waals surface area (Å²) < 4.78 is 9.18. The van der Waals surface area contributed by atoms with Crippen molar-refractivity contribution in [1.29, 1.82) is 0 Å². The molecule has 1 aromatic rings. The minimum atomic E-state index is -0.198. The molecule has 0 atom stereocenters. The first-order chi connectivity index (χ1) is 12.0. The van der Waals surface area contributed by atoms with Gasteiger partial charge in [0, 0.05) is 19.5 Å². The number of carbonyl (C=O) groups is 2. The van der Waals surface area contributed by atoms with Crippen LogP contribution in [0.3, 0.4) is 0 Å². The Labute approximate surface area is 157 Å². The number of hydrogen-bond donors (Lipinski definition) is 1. The van der Waals surface area contributed by atoms with E-state index in [9.17, 15) is 9.59 Å². The second-order valence-corrected chi connectivity index (χ2v) is 5.71. The number of methoxy groups -OCH3 is 2. The summed E-state index contributed by atoms with van der Waals surface area (Å²) in [5, 5.41) is 8.14. The number of ether oxygens (including phenoxy) is 2. The van der Waals surface area contributed by atoms with Crippen LogP contribution in [0.15, 0.2) is 30.3 Å². The Balaban J connectivity index is -0.000000300. The van der Waals surface area contributed by atoms with Crippen molar-refractivity contribution in [2.75, 3.05) is 33.2 Å². The third kappa shape index (κ3) is 27.7. The van der Waals surface area contributed by atoms with Gasteiger partial charge in [-0.05, 0) is 11.5 Å². The van der Waals surface area contributed by atoms with Crippen LogP contribution in [-0.4, -0.2) is 49.9 Å². The number of hydrogen-bond acceptors (Lipinski definition) is 6. The van der Waals surface area contributed by atoms with Crippen LogP contribution >= 0.6 is 11.8 Å². The van der Waals surface area contributed by atoms with E-state index in [1.807, 2.05) is 58.0 Å². The van der Waals surface area contributed by atoms with Gasteiger partial charge in [-0.1, -0.05) is 69.8 Å². The third-order valence-electron chi connectivity index (χ3n) is 2.26. The molecule has 0 spiro atoms. The van der Waals surface area contributed by atoms with Crippen molar-refractivity contribution in [2.24, 2.45) is 5.92 Å². The Kier molecular flexibility index (Phi) is 28.3. The van der Waals surface area contributed by atoms with Crippen molar-refractivity contribution < 1.29 is 24.2 Å². The zero-order valence-corrected chi connectivity index (χ0v) is 17.2. The Morgan fingerprint density at radius 1 is 1.20 bits per heavy atom. The number of benzene rings is 1. The van der Waals surface area contributed by atoms with Crippen LogP contribution in [0.5, 0.6) is 0 Å². The Hall–Kier alpha value is -1.37. The fourth-order valence-corrected chi connectivity index (χ4v) is 1.37. The average Bonchev–Trinajstić information content (AvgIpc) is 2.65. The molecule has 6 heteroatoms. The van der Waals surface area contributed by atoms with Gasteiger partial charge in [0.05, 0.1) is 20.1 Å². The zero-order chi connectivity index (χ0) is 19.9. The van der Waals surface area contributed by atoms with Crippen LogP contribution in [0.25, 0.3) is 0 Å². The molecule has 1 N–H and O–H groups in total.